The summed E-state index contributed by atoms with van der Waals surface area (Å²) in [6, 6.07) is 0. The number of aliphatic hydroxyl groups excluding tert-OH is 1. The number of hydrogen-bond acceptors (Lipinski definition) is 3. The lowest BCUT2D eigenvalue weighted by Gasteiger charge is -2.13. The smallest absolute Gasteiger partial charge is 0.164 e. The zero-order chi connectivity index (χ0) is 8.43. The lowest BCUT2D eigenvalue weighted by molar-refractivity contribution is -0.124. The second-order valence-electron chi connectivity index (χ2n) is 3.28. The molecule has 3 nitrogen and oxygen atoms in total. The number of aliphatic hydroxyl groups is 1. The Morgan fingerprint density at radius 3 is 2.64 bits per heavy atom. The highest BCUT2D eigenvalue weighted by Crippen LogP contribution is 2.21. The Morgan fingerprint density at radius 2 is 2.36 bits per heavy atom. The summed E-state index contributed by atoms with van der Waals surface area (Å²) in [5, 5.41) is 8.71. The number of carbonyl (C=O) groups is 1. The first-order chi connectivity index (χ1) is 5.15. The quantitative estimate of drug-likeness (QED) is 0.631. The standard InChI is InChI=1S/C8H14O3/c1-5(2)8-7(10)3-6(4-9)11-8/h5-6,8-9H,3-4H2,1-2H3/t6-,8-/m0/s1. The molecule has 1 N–H and O–H groups in total. The molecule has 2 atom stereocenters. The molecule has 3 heteroatoms. The van der Waals surface area contributed by atoms with Crippen molar-refractivity contribution in [3.63, 3.8) is 0 Å². The van der Waals surface area contributed by atoms with E-state index in [2.05, 4.69) is 0 Å². The van der Waals surface area contributed by atoms with Crippen molar-refractivity contribution in [2.24, 2.45) is 5.92 Å². The highest BCUT2D eigenvalue weighted by Gasteiger charge is 2.34. The first-order valence-electron chi connectivity index (χ1n) is 3.94. The maximum absolute atomic E-state index is 11.1. The highest BCUT2D eigenvalue weighted by atomic mass is 16.5. The molecule has 0 spiro atoms. The monoisotopic (exact) mass is 158 g/mol. The highest BCUT2D eigenvalue weighted by molar-refractivity contribution is 5.85. The summed E-state index contributed by atoms with van der Waals surface area (Å²) in [5.41, 5.74) is 0. The molecule has 11 heavy (non-hydrogen) atoms. The van der Waals surface area contributed by atoms with E-state index in [0.29, 0.717) is 6.42 Å². The van der Waals surface area contributed by atoms with E-state index in [9.17, 15) is 4.79 Å². The van der Waals surface area contributed by atoms with Crippen molar-refractivity contribution in [2.45, 2.75) is 32.5 Å². The summed E-state index contributed by atoms with van der Waals surface area (Å²) < 4.78 is 5.28. The van der Waals surface area contributed by atoms with Crippen LogP contribution in [0, 0.1) is 5.92 Å². The van der Waals surface area contributed by atoms with E-state index in [0.717, 1.165) is 0 Å². The van der Waals surface area contributed by atoms with Gasteiger partial charge in [-0.3, -0.25) is 4.79 Å². The van der Waals surface area contributed by atoms with Crippen LogP contribution in [-0.2, 0) is 9.53 Å². The van der Waals surface area contributed by atoms with Gasteiger partial charge in [0.2, 0.25) is 0 Å². The number of Topliss-reactive ketones (excluding diaryl/α,β-unsaturated/α-hetero) is 1. The Balaban J connectivity index is 2.52. The van der Waals surface area contributed by atoms with Crippen molar-refractivity contribution in [3.8, 4) is 0 Å². The fourth-order valence-electron chi connectivity index (χ4n) is 1.31. The Labute approximate surface area is 66.4 Å². The lowest BCUT2D eigenvalue weighted by Crippen LogP contribution is -2.22. The minimum atomic E-state index is -0.285. The predicted octanol–water partition coefficient (Wildman–Crippen LogP) is 0.361. The SMILES string of the molecule is CC(C)[C@@H]1O[C@H](CO)CC1=O. The molecule has 0 aromatic rings. The molecule has 1 rings (SSSR count). The molecule has 1 saturated heterocycles. The number of ether oxygens (including phenoxy) is 1. The van der Waals surface area contributed by atoms with E-state index in [1.165, 1.54) is 0 Å². The van der Waals surface area contributed by atoms with Crippen LogP contribution in [0.25, 0.3) is 0 Å². The van der Waals surface area contributed by atoms with Crippen LogP contribution in [-0.4, -0.2) is 29.7 Å². The Kier molecular flexibility index (Phi) is 2.62. The van der Waals surface area contributed by atoms with Crippen LogP contribution in [0.4, 0.5) is 0 Å². The first kappa shape index (κ1) is 8.68. The van der Waals surface area contributed by atoms with Gasteiger partial charge in [0.05, 0.1) is 12.7 Å². The van der Waals surface area contributed by atoms with Crippen molar-refractivity contribution in [1.29, 1.82) is 0 Å². The van der Waals surface area contributed by atoms with Gasteiger partial charge in [0.1, 0.15) is 6.10 Å². The number of ketones is 1. The predicted molar refractivity (Wildman–Crippen MR) is 40.2 cm³/mol. The van der Waals surface area contributed by atoms with E-state index < -0.39 is 0 Å². The summed E-state index contributed by atoms with van der Waals surface area (Å²) in [4.78, 5) is 11.1. The van der Waals surface area contributed by atoms with E-state index in [-0.39, 0.29) is 30.5 Å². The molecule has 1 fully saturated rings. The maximum Gasteiger partial charge on any atom is 0.164 e. The number of rotatable bonds is 2. The van der Waals surface area contributed by atoms with E-state index in [1.54, 1.807) is 0 Å². The fourth-order valence-corrected chi connectivity index (χ4v) is 1.31. The largest absolute Gasteiger partial charge is 0.394 e. The molecular formula is C8H14O3. The molecule has 0 unspecified atom stereocenters. The third-order valence-electron chi connectivity index (χ3n) is 1.89. The van der Waals surface area contributed by atoms with Gasteiger partial charge in [-0.2, -0.15) is 0 Å². The Hall–Kier alpha value is -0.410. The Morgan fingerprint density at radius 1 is 1.73 bits per heavy atom. The van der Waals surface area contributed by atoms with Gasteiger partial charge in [-0.1, -0.05) is 13.8 Å². The first-order valence-corrected chi connectivity index (χ1v) is 3.94. The zero-order valence-electron chi connectivity index (χ0n) is 6.91. The van der Waals surface area contributed by atoms with Gasteiger partial charge < -0.3 is 9.84 Å². The van der Waals surface area contributed by atoms with Crippen molar-refractivity contribution >= 4 is 5.78 Å². The molecule has 0 aromatic heterocycles. The second kappa shape index (κ2) is 3.32. The third-order valence-corrected chi connectivity index (χ3v) is 1.89. The molecule has 0 radical (unpaired) electrons. The maximum atomic E-state index is 11.1. The summed E-state index contributed by atoms with van der Waals surface area (Å²) in [5.74, 6) is 0.345. The summed E-state index contributed by atoms with van der Waals surface area (Å²) in [7, 11) is 0. The van der Waals surface area contributed by atoms with Crippen LogP contribution < -0.4 is 0 Å². The zero-order valence-corrected chi connectivity index (χ0v) is 6.91. The average Bonchev–Trinajstić information content (AvgIpc) is 2.30. The van der Waals surface area contributed by atoms with Crippen LogP contribution in [0.15, 0.2) is 0 Å². The van der Waals surface area contributed by atoms with Crippen molar-refractivity contribution in [2.75, 3.05) is 6.61 Å². The number of hydrogen-bond donors (Lipinski definition) is 1. The summed E-state index contributed by atoms with van der Waals surface area (Å²) in [6.45, 7) is 3.85. The lowest BCUT2D eigenvalue weighted by atomic mass is 10.0. The van der Waals surface area contributed by atoms with Crippen LogP contribution >= 0.6 is 0 Å². The van der Waals surface area contributed by atoms with Gasteiger partial charge in [0.15, 0.2) is 5.78 Å². The third kappa shape index (κ3) is 1.79. The van der Waals surface area contributed by atoms with Gasteiger partial charge in [-0.25, -0.2) is 0 Å². The van der Waals surface area contributed by atoms with E-state index in [1.807, 2.05) is 13.8 Å². The number of carbonyl (C=O) groups excluding carboxylic acids is 1. The normalized spacial score (nSPS) is 31.8. The van der Waals surface area contributed by atoms with Crippen molar-refractivity contribution in [3.05, 3.63) is 0 Å². The Bertz CT molecular complexity index is 153. The summed E-state index contributed by atoms with van der Waals surface area (Å²) in [6.07, 6.45) is -0.165. The molecule has 1 heterocycles. The van der Waals surface area contributed by atoms with E-state index in [4.69, 9.17) is 9.84 Å². The van der Waals surface area contributed by atoms with Gasteiger partial charge >= 0.3 is 0 Å². The molecule has 1 aliphatic heterocycles. The molecule has 0 bridgehead atoms. The minimum Gasteiger partial charge on any atom is -0.394 e. The molecule has 0 saturated carbocycles. The van der Waals surface area contributed by atoms with Gasteiger partial charge in [0, 0.05) is 6.42 Å². The van der Waals surface area contributed by atoms with Crippen LogP contribution in [0.2, 0.25) is 0 Å². The molecule has 1 aliphatic rings. The minimum absolute atomic E-state index is 0.0467. The van der Waals surface area contributed by atoms with E-state index >= 15 is 0 Å². The van der Waals surface area contributed by atoms with Gasteiger partial charge in [-0.05, 0) is 5.92 Å². The van der Waals surface area contributed by atoms with Crippen molar-refractivity contribution < 1.29 is 14.6 Å². The molecular weight excluding hydrogens is 144 g/mol. The molecule has 0 aromatic carbocycles. The topological polar surface area (TPSA) is 46.5 Å². The van der Waals surface area contributed by atoms with Gasteiger partial charge in [0.25, 0.3) is 0 Å². The van der Waals surface area contributed by atoms with Crippen molar-refractivity contribution in [1.82, 2.24) is 0 Å². The van der Waals surface area contributed by atoms with Crippen LogP contribution in [0.3, 0.4) is 0 Å². The molecule has 0 amide bonds. The second-order valence-corrected chi connectivity index (χ2v) is 3.28. The molecule has 0 aliphatic carbocycles. The van der Waals surface area contributed by atoms with Crippen LogP contribution in [0.5, 0.6) is 0 Å². The summed E-state index contributed by atoms with van der Waals surface area (Å²) >= 11 is 0. The molecule has 64 valence electrons. The average molecular weight is 158 g/mol. The fraction of sp³-hybridized carbons (Fsp3) is 0.875. The van der Waals surface area contributed by atoms with Gasteiger partial charge in [-0.15, -0.1) is 0 Å². The van der Waals surface area contributed by atoms with Crippen LogP contribution in [0.1, 0.15) is 20.3 Å².